The topological polar surface area (TPSA) is 23.0 Å². The molecule has 304 valence electrons. The fourth-order valence-corrected chi connectivity index (χ4v) is 10.3. The molecule has 0 aliphatic rings. The summed E-state index contributed by atoms with van der Waals surface area (Å²) in [6.45, 7) is 0. The summed E-state index contributed by atoms with van der Waals surface area (Å²) in [6.07, 6.45) is 0. The van der Waals surface area contributed by atoms with Gasteiger partial charge in [-0.1, -0.05) is 182 Å². The minimum atomic E-state index is 0.876. The van der Waals surface area contributed by atoms with Gasteiger partial charge in [-0.2, -0.15) is 0 Å². The highest BCUT2D eigenvalue weighted by Gasteiger charge is 2.24. The van der Waals surface area contributed by atoms with E-state index in [-0.39, 0.29) is 0 Å². The van der Waals surface area contributed by atoms with E-state index in [4.69, 9.17) is 4.42 Å². The number of furan rings is 1. The number of fused-ring (bicyclic) bond motifs is 8. The van der Waals surface area contributed by atoms with Gasteiger partial charge in [0.15, 0.2) is 5.58 Å². The highest BCUT2D eigenvalue weighted by Crippen LogP contribution is 2.46. The molecule has 0 atom stereocenters. The van der Waals surface area contributed by atoms with Crippen molar-refractivity contribution in [3.63, 3.8) is 0 Å². The molecule has 3 aromatic heterocycles. The summed E-state index contributed by atoms with van der Waals surface area (Å²) >= 11 is 0. The maximum absolute atomic E-state index is 7.10. The van der Waals surface area contributed by atoms with Crippen molar-refractivity contribution in [1.82, 2.24) is 9.13 Å². The SMILES string of the molecule is c1ccc(-c2ccccc2-c2ccc3c(c2)c2cc(-c4ccccc4-c4ccccc4)ccc2n3-c2ccccc2-c2cccc3c2oc2c4ccccc4n(-c4ccccc4)c32)cc1. The molecule has 0 saturated carbocycles. The quantitative estimate of drug-likeness (QED) is 0.157. The lowest BCUT2D eigenvalue weighted by molar-refractivity contribution is 0.674. The first kappa shape index (κ1) is 36.9. The predicted molar refractivity (Wildman–Crippen MR) is 272 cm³/mol. The molecule has 0 radical (unpaired) electrons. The Balaban J connectivity index is 1.06. The molecule has 0 spiro atoms. The van der Waals surface area contributed by atoms with E-state index in [0.717, 1.165) is 66.5 Å². The predicted octanol–water partition coefficient (Wildman–Crippen LogP) is 17.0. The number of hydrogen-bond donors (Lipinski definition) is 0. The van der Waals surface area contributed by atoms with Gasteiger partial charge in [-0.3, -0.25) is 0 Å². The number of nitrogens with zero attached hydrogens (tertiary/aromatic N) is 2. The lowest BCUT2D eigenvalue weighted by atomic mass is 9.92. The molecule has 0 aliphatic carbocycles. The second-order valence-corrected chi connectivity index (χ2v) is 16.8. The average Bonchev–Trinajstić information content (AvgIpc) is 4.04. The van der Waals surface area contributed by atoms with Gasteiger partial charge in [0.1, 0.15) is 11.1 Å². The smallest absolute Gasteiger partial charge is 0.161 e. The van der Waals surface area contributed by atoms with Gasteiger partial charge < -0.3 is 13.6 Å². The van der Waals surface area contributed by atoms with E-state index in [1.54, 1.807) is 0 Å². The summed E-state index contributed by atoms with van der Waals surface area (Å²) in [5.74, 6) is 0. The second-order valence-electron chi connectivity index (χ2n) is 16.8. The van der Waals surface area contributed by atoms with Crippen LogP contribution in [0.5, 0.6) is 0 Å². The van der Waals surface area contributed by atoms with E-state index < -0.39 is 0 Å². The number of hydrogen-bond acceptors (Lipinski definition) is 1. The minimum Gasteiger partial charge on any atom is -0.453 e. The number of aromatic nitrogens is 2. The van der Waals surface area contributed by atoms with Gasteiger partial charge in [-0.25, -0.2) is 0 Å². The monoisotopic (exact) mass is 828 g/mol. The molecule has 13 rings (SSSR count). The van der Waals surface area contributed by atoms with Crippen LogP contribution in [0.2, 0.25) is 0 Å². The summed E-state index contributed by atoms with van der Waals surface area (Å²) in [5.41, 5.74) is 20.2. The van der Waals surface area contributed by atoms with E-state index in [1.165, 1.54) is 55.3 Å². The molecule has 0 saturated heterocycles. The van der Waals surface area contributed by atoms with Crippen LogP contribution in [0.15, 0.2) is 247 Å². The lowest BCUT2D eigenvalue weighted by Crippen LogP contribution is -1.97. The molecule has 65 heavy (non-hydrogen) atoms. The molecule has 0 N–H and O–H groups in total. The van der Waals surface area contributed by atoms with Gasteiger partial charge >= 0.3 is 0 Å². The third-order valence-electron chi connectivity index (χ3n) is 13.2. The lowest BCUT2D eigenvalue weighted by Gasteiger charge is -2.15. The van der Waals surface area contributed by atoms with Gasteiger partial charge in [0, 0.05) is 38.4 Å². The van der Waals surface area contributed by atoms with Crippen LogP contribution in [-0.4, -0.2) is 9.13 Å². The first-order valence-corrected chi connectivity index (χ1v) is 22.3. The summed E-state index contributed by atoms with van der Waals surface area (Å²) in [7, 11) is 0. The minimum absolute atomic E-state index is 0.876. The molecular formula is C62H40N2O. The van der Waals surface area contributed by atoms with Crippen LogP contribution < -0.4 is 0 Å². The van der Waals surface area contributed by atoms with Crippen molar-refractivity contribution in [2.75, 3.05) is 0 Å². The van der Waals surface area contributed by atoms with E-state index in [2.05, 4.69) is 252 Å². The number of para-hydroxylation sites is 4. The maximum Gasteiger partial charge on any atom is 0.161 e. The Morgan fingerprint density at radius 1 is 0.262 bits per heavy atom. The molecule has 3 heterocycles. The van der Waals surface area contributed by atoms with Crippen LogP contribution in [0.1, 0.15) is 0 Å². The normalized spacial score (nSPS) is 11.7. The molecule has 0 unspecified atom stereocenters. The Bertz CT molecular complexity index is 3790. The van der Waals surface area contributed by atoms with Gasteiger partial charge in [-0.15, -0.1) is 0 Å². The molecule has 13 aromatic rings. The van der Waals surface area contributed by atoms with Crippen LogP contribution >= 0.6 is 0 Å². The zero-order chi connectivity index (χ0) is 42.8. The number of rotatable bonds is 7. The van der Waals surface area contributed by atoms with E-state index in [0.29, 0.717) is 0 Å². The molecule has 0 aliphatic heterocycles. The Labute approximate surface area is 376 Å². The van der Waals surface area contributed by atoms with Crippen molar-refractivity contribution >= 4 is 54.8 Å². The highest BCUT2D eigenvalue weighted by molar-refractivity contribution is 6.19. The van der Waals surface area contributed by atoms with Crippen LogP contribution in [0, 0.1) is 0 Å². The molecular weight excluding hydrogens is 789 g/mol. The standard InChI is InChI=1S/C62H40N2O/c1-4-19-41(20-5-1)46-25-10-12-27-48(46)43-35-37-58-54(39-43)55-40-44(49-28-13-11-26-47(49)42-21-6-2-7-22-42)36-38-59(55)64(58)56-33-16-14-29-50(56)51-31-18-32-53-60-62(65-61(51)53)52-30-15-17-34-57(52)63(60)45-23-8-3-9-24-45/h1-40H. The van der Waals surface area contributed by atoms with E-state index >= 15 is 0 Å². The molecule has 0 amide bonds. The highest BCUT2D eigenvalue weighted by atomic mass is 16.3. The molecule has 3 heteroatoms. The van der Waals surface area contributed by atoms with E-state index in [1.807, 2.05) is 0 Å². The van der Waals surface area contributed by atoms with Crippen molar-refractivity contribution in [3.05, 3.63) is 243 Å². The van der Waals surface area contributed by atoms with Gasteiger partial charge in [0.25, 0.3) is 0 Å². The third kappa shape index (κ3) is 5.90. The van der Waals surface area contributed by atoms with Gasteiger partial charge in [-0.05, 0) is 105 Å². The van der Waals surface area contributed by atoms with Crippen molar-refractivity contribution in [2.24, 2.45) is 0 Å². The van der Waals surface area contributed by atoms with Crippen molar-refractivity contribution in [1.29, 1.82) is 0 Å². The first-order chi connectivity index (χ1) is 32.3. The summed E-state index contributed by atoms with van der Waals surface area (Å²) in [5, 5.41) is 4.57. The van der Waals surface area contributed by atoms with Gasteiger partial charge in [0.2, 0.25) is 0 Å². The zero-order valence-electron chi connectivity index (χ0n) is 35.4. The Kier molecular flexibility index (Phi) is 8.53. The van der Waals surface area contributed by atoms with Crippen LogP contribution in [0.4, 0.5) is 0 Å². The van der Waals surface area contributed by atoms with Crippen molar-refractivity contribution in [2.45, 2.75) is 0 Å². The summed E-state index contributed by atoms with van der Waals surface area (Å²) in [4.78, 5) is 0. The Hall–Kier alpha value is -8.66. The van der Waals surface area contributed by atoms with Crippen LogP contribution in [0.3, 0.4) is 0 Å². The Morgan fingerprint density at radius 2 is 0.708 bits per heavy atom. The van der Waals surface area contributed by atoms with Gasteiger partial charge in [0.05, 0.1) is 22.2 Å². The second kappa shape index (κ2) is 15.0. The summed E-state index contributed by atoms with van der Waals surface area (Å²) in [6, 6.07) is 87.5. The zero-order valence-corrected chi connectivity index (χ0v) is 35.4. The Morgan fingerprint density at radius 3 is 1.31 bits per heavy atom. The van der Waals surface area contributed by atoms with Crippen molar-refractivity contribution < 1.29 is 4.42 Å². The molecule has 0 bridgehead atoms. The number of benzene rings is 10. The maximum atomic E-state index is 7.10. The molecule has 10 aromatic carbocycles. The largest absolute Gasteiger partial charge is 0.453 e. The fraction of sp³-hybridized carbons (Fsp3) is 0. The van der Waals surface area contributed by atoms with Crippen molar-refractivity contribution in [3.8, 4) is 67.0 Å². The third-order valence-corrected chi connectivity index (χ3v) is 13.2. The summed E-state index contributed by atoms with van der Waals surface area (Å²) < 4.78 is 11.9. The fourth-order valence-electron chi connectivity index (χ4n) is 10.3. The van der Waals surface area contributed by atoms with E-state index in [9.17, 15) is 0 Å². The molecule has 0 fully saturated rings. The first-order valence-electron chi connectivity index (χ1n) is 22.3. The average molecular weight is 829 g/mol. The van der Waals surface area contributed by atoms with Crippen LogP contribution in [-0.2, 0) is 0 Å². The molecule has 3 nitrogen and oxygen atoms in total. The van der Waals surface area contributed by atoms with Crippen LogP contribution in [0.25, 0.3) is 122 Å².